The summed E-state index contributed by atoms with van der Waals surface area (Å²) in [6.07, 6.45) is 0. The minimum absolute atomic E-state index is 0.0183. The van der Waals surface area contributed by atoms with Gasteiger partial charge in [0, 0.05) is 5.56 Å². The number of carbonyl (C=O) groups is 1. The minimum Gasteiger partial charge on any atom is -0.496 e. The Morgan fingerprint density at radius 2 is 1.82 bits per heavy atom. The molecule has 0 aliphatic carbocycles. The van der Waals surface area contributed by atoms with E-state index in [9.17, 15) is 22.0 Å². The van der Waals surface area contributed by atoms with Gasteiger partial charge in [0.25, 0.3) is 5.91 Å². The van der Waals surface area contributed by atoms with E-state index in [1.807, 2.05) is 0 Å². The molecule has 0 unspecified atom stereocenters. The first kappa shape index (κ1) is 19.4. The van der Waals surface area contributed by atoms with Gasteiger partial charge in [0.1, 0.15) is 5.75 Å². The van der Waals surface area contributed by atoms with E-state index in [-0.39, 0.29) is 11.5 Å². The lowest BCUT2D eigenvalue weighted by Crippen LogP contribution is -2.14. The van der Waals surface area contributed by atoms with Gasteiger partial charge in [0.05, 0.1) is 17.6 Å². The Morgan fingerprint density at radius 3 is 2.46 bits per heavy atom. The number of alkyl halides is 2. The van der Waals surface area contributed by atoms with Gasteiger partial charge in [0.2, 0.25) is 15.8 Å². The number of carbonyl (C=O) groups excluding carboxylic acids is 1. The molecule has 0 aliphatic heterocycles. The second-order valence-corrected chi connectivity index (χ2v) is 7.41. The molecule has 11 heteroatoms. The number of rotatable bonds is 6. The number of hydrogen-bond acceptors (Lipinski definition) is 6. The fourth-order valence-electron chi connectivity index (χ4n) is 2.35. The van der Waals surface area contributed by atoms with E-state index < -0.39 is 26.4 Å². The molecule has 0 radical (unpaired) electrons. The van der Waals surface area contributed by atoms with Crippen molar-refractivity contribution < 1.29 is 26.7 Å². The molecule has 0 atom stereocenters. The number of methoxy groups -OCH3 is 1. The Labute approximate surface area is 158 Å². The van der Waals surface area contributed by atoms with Crippen molar-refractivity contribution >= 4 is 21.7 Å². The van der Waals surface area contributed by atoms with Crippen LogP contribution in [-0.2, 0) is 9.84 Å². The largest absolute Gasteiger partial charge is 0.496 e. The third-order valence-electron chi connectivity index (χ3n) is 3.75. The summed E-state index contributed by atoms with van der Waals surface area (Å²) in [4.78, 5) is 15.8. The first-order valence-corrected chi connectivity index (χ1v) is 9.37. The zero-order valence-corrected chi connectivity index (χ0v) is 15.2. The highest BCUT2D eigenvalue weighted by atomic mass is 32.2. The predicted octanol–water partition coefficient (Wildman–Crippen LogP) is 2.73. The van der Waals surface area contributed by atoms with Gasteiger partial charge in [0.15, 0.2) is 5.82 Å². The van der Waals surface area contributed by atoms with Crippen molar-refractivity contribution in [3.63, 3.8) is 0 Å². The Balaban J connectivity index is 1.76. The lowest BCUT2D eigenvalue weighted by atomic mass is 10.2. The SMILES string of the molecule is COc1ccccc1-c1nc(NC(=O)c2ccc(S(=O)(=O)C(F)F)cc2)n[nH]1. The molecule has 0 aliphatic rings. The Morgan fingerprint density at radius 1 is 1.14 bits per heavy atom. The van der Waals surface area contributed by atoms with Crippen molar-refractivity contribution in [2.75, 3.05) is 12.4 Å². The number of H-pyrrole nitrogens is 1. The average Bonchev–Trinajstić information content (AvgIpc) is 3.16. The molecule has 0 fully saturated rings. The second-order valence-electron chi connectivity index (χ2n) is 5.49. The normalized spacial score (nSPS) is 11.4. The molecule has 3 aromatic rings. The standard InChI is InChI=1S/C17H14F2N4O4S/c1-27-13-5-3-2-4-12(13)14-20-17(23-22-14)21-15(24)10-6-8-11(9-7-10)28(25,26)16(18)19/h2-9,16H,1H3,(H2,20,21,22,23,24). The van der Waals surface area contributed by atoms with E-state index in [2.05, 4.69) is 20.5 Å². The summed E-state index contributed by atoms with van der Waals surface area (Å²) in [7, 11) is -3.21. The van der Waals surface area contributed by atoms with Crippen LogP contribution in [0, 0.1) is 0 Å². The second kappa shape index (κ2) is 7.72. The van der Waals surface area contributed by atoms with Gasteiger partial charge >= 0.3 is 5.76 Å². The van der Waals surface area contributed by atoms with Crippen LogP contribution in [0.15, 0.2) is 53.4 Å². The molecular weight excluding hydrogens is 394 g/mol. The molecule has 1 heterocycles. The first-order valence-electron chi connectivity index (χ1n) is 7.82. The average molecular weight is 408 g/mol. The molecular formula is C17H14F2N4O4S. The van der Waals surface area contributed by atoms with E-state index in [1.165, 1.54) is 7.11 Å². The molecule has 0 saturated heterocycles. The zero-order valence-electron chi connectivity index (χ0n) is 14.4. The maximum absolute atomic E-state index is 12.5. The molecule has 146 valence electrons. The van der Waals surface area contributed by atoms with Crippen molar-refractivity contribution in [2.24, 2.45) is 0 Å². The molecule has 0 saturated carbocycles. The van der Waals surface area contributed by atoms with E-state index in [0.29, 0.717) is 17.1 Å². The fourth-order valence-corrected chi connectivity index (χ4v) is 3.07. The highest BCUT2D eigenvalue weighted by Gasteiger charge is 2.26. The third kappa shape index (κ3) is 3.83. The summed E-state index contributed by atoms with van der Waals surface area (Å²) < 4.78 is 53.1. The number of para-hydroxylation sites is 1. The maximum Gasteiger partial charge on any atom is 0.341 e. The van der Waals surface area contributed by atoms with Crippen molar-refractivity contribution in [2.45, 2.75) is 10.7 Å². The summed E-state index contributed by atoms with van der Waals surface area (Å²) in [5.41, 5.74) is 0.691. The smallest absolute Gasteiger partial charge is 0.341 e. The summed E-state index contributed by atoms with van der Waals surface area (Å²) in [6.45, 7) is 0. The highest BCUT2D eigenvalue weighted by molar-refractivity contribution is 7.91. The number of aromatic nitrogens is 3. The van der Waals surface area contributed by atoms with Crippen LogP contribution in [0.5, 0.6) is 5.75 Å². The van der Waals surface area contributed by atoms with Crippen LogP contribution in [0.2, 0.25) is 0 Å². The zero-order chi connectivity index (χ0) is 20.3. The number of halogens is 2. The van der Waals surface area contributed by atoms with Crippen LogP contribution in [0.25, 0.3) is 11.4 Å². The van der Waals surface area contributed by atoms with E-state index in [1.54, 1.807) is 24.3 Å². The minimum atomic E-state index is -4.72. The Bertz CT molecular complexity index is 1100. The number of sulfone groups is 1. The third-order valence-corrected chi connectivity index (χ3v) is 5.15. The number of aromatic amines is 1. The summed E-state index contributed by atoms with van der Waals surface area (Å²) in [5.74, 6) is -3.26. The predicted molar refractivity (Wildman–Crippen MR) is 96.0 cm³/mol. The van der Waals surface area contributed by atoms with Gasteiger partial charge in [-0.3, -0.25) is 15.2 Å². The van der Waals surface area contributed by atoms with Crippen LogP contribution in [0.3, 0.4) is 0 Å². The van der Waals surface area contributed by atoms with E-state index in [0.717, 1.165) is 24.3 Å². The van der Waals surface area contributed by atoms with Gasteiger partial charge in [-0.1, -0.05) is 12.1 Å². The number of ether oxygens (including phenoxy) is 1. The number of amides is 1. The molecule has 3 rings (SSSR count). The fraction of sp³-hybridized carbons (Fsp3) is 0.118. The molecule has 28 heavy (non-hydrogen) atoms. The number of anilines is 1. The van der Waals surface area contributed by atoms with Crippen LogP contribution in [0.4, 0.5) is 14.7 Å². The van der Waals surface area contributed by atoms with Crippen molar-refractivity contribution in [3.8, 4) is 17.1 Å². The summed E-state index contributed by atoms with van der Waals surface area (Å²) in [5, 5.41) is 9.01. The number of nitrogens with zero attached hydrogens (tertiary/aromatic N) is 2. The first-order chi connectivity index (χ1) is 13.3. The van der Waals surface area contributed by atoms with Crippen molar-refractivity contribution in [1.29, 1.82) is 0 Å². The van der Waals surface area contributed by atoms with Gasteiger partial charge in [-0.05, 0) is 36.4 Å². The highest BCUT2D eigenvalue weighted by Crippen LogP contribution is 2.27. The molecule has 2 N–H and O–H groups in total. The molecule has 0 spiro atoms. The topological polar surface area (TPSA) is 114 Å². The molecule has 2 aromatic carbocycles. The number of hydrogen-bond donors (Lipinski definition) is 2. The Hall–Kier alpha value is -3.34. The van der Waals surface area contributed by atoms with Crippen LogP contribution >= 0.6 is 0 Å². The maximum atomic E-state index is 12.5. The monoisotopic (exact) mass is 408 g/mol. The molecule has 0 bridgehead atoms. The van der Waals surface area contributed by atoms with Crippen LogP contribution in [-0.4, -0.2) is 42.4 Å². The van der Waals surface area contributed by atoms with Crippen LogP contribution in [0.1, 0.15) is 10.4 Å². The number of benzene rings is 2. The van der Waals surface area contributed by atoms with Crippen molar-refractivity contribution in [1.82, 2.24) is 15.2 Å². The van der Waals surface area contributed by atoms with Crippen LogP contribution < -0.4 is 10.1 Å². The molecule has 1 aromatic heterocycles. The molecule has 8 nitrogen and oxygen atoms in total. The lowest BCUT2D eigenvalue weighted by Gasteiger charge is -2.05. The Kier molecular flexibility index (Phi) is 5.36. The number of nitrogens with one attached hydrogen (secondary N) is 2. The van der Waals surface area contributed by atoms with E-state index in [4.69, 9.17) is 4.74 Å². The summed E-state index contributed by atoms with van der Waals surface area (Å²) in [6, 6.07) is 11.2. The molecule has 1 amide bonds. The quantitative estimate of drug-likeness (QED) is 0.648. The van der Waals surface area contributed by atoms with Gasteiger partial charge in [-0.2, -0.15) is 13.8 Å². The summed E-state index contributed by atoms with van der Waals surface area (Å²) >= 11 is 0. The van der Waals surface area contributed by atoms with Gasteiger partial charge < -0.3 is 4.74 Å². The lowest BCUT2D eigenvalue weighted by molar-refractivity contribution is 0.102. The van der Waals surface area contributed by atoms with E-state index >= 15 is 0 Å². The van der Waals surface area contributed by atoms with Gasteiger partial charge in [-0.15, -0.1) is 5.10 Å². The van der Waals surface area contributed by atoms with Gasteiger partial charge in [-0.25, -0.2) is 8.42 Å². The van der Waals surface area contributed by atoms with Crippen molar-refractivity contribution in [3.05, 3.63) is 54.1 Å².